The molecule has 2 aromatic rings. The van der Waals surface area contributed by atoms with Gasteiger partial charge in [0.05, 0.1) is 4.90 Å². The molecule has 3 rings (SSSR count). The van der Waals surface area contributed by atoms with E-state index in [1.807, 2.05) is 36.6 Å². The van der Waals surface area contributed by atoms with E-state index in [0.717, 1.165) is 17.7 Å². The summed E-state index contributed by atoms with van der Waals surface area (Å²) in [6.45, 7) is 0.506. The van der Waals surface area contributed by atoms with Crippen molar-refractivity contribution >= 4 is 33.5 Å². The largest absolute Gasteiger partial charge is 0.354 e. The van der Waals surface area contributed by atoms with Gasteiger partial charge in [0.25, 0.3) is 10.0 Å². The predicted molar refractivity (Wildman–Crippen MR) is 113 cm³/mol. The van der Waals surface area contributed by atoms with Gasteiger partial charge in [0, 0.05) is 12.1 Å². The maximum atomic E-state index is 12.7. The number of nitrogens with one attached hydrogen (secondary N) is 2. The molecule has 0 bridgehead atoms. The summed E-state index contributed by atoms with van der Waals surface area (Å²) in [6.07, 6.45) is 3.23. The van der Waals surface area contributed by atoms with Crippen LogP contribution < -0.4 is 10.0 Å². The Morgan fingerprint density at radius 2 is 1.86 bits per heavy atom. The lowest BCUT2D eigenvalue weighted by Gasteiger charge is -2.14. The van der Waals surface area contributed by atoms with Crippen LogP contribution in [-0.4, -0.2) is 44.8 Å². The Bertz CT molecular complexity index is 960. The van der Waals surface area contributed by atoms with Crippen molar-refractivity contribution < 1.29 is 13.2 Å². The van der Waals surface area contributed by atoms with Crippen molar-refractivity contribution in [1.29, 1.82) is 0 Å². The lowest BCUT2D eigenvalue weighted by atomic mass is 10.1. The summed E-state index contributed by atoms with van der Waals surface area (Å²) in [7, 11) is -3.62. The highest BCUT2D eigenvalue weighted by Gasteiger charge is 2.31. The van der Waals surface area contributed by atoms with Gasteiger partial charge in [-0.2, -0.15) is 11.8 Å². The number of amidine groups is 1. The highest BCUT2D eigenvalue weighted by molar-refractivity contribution is 7.98. The van der Waals surface area contributed by atoms with Gasteiger partial charge in [-0.05, 0) is 42.5 Å². The topological polar surface area (TPSA) is 87.6 Å². The Hall–Kier alpha value is -2.32. The fraction of sp³-hybridized carbons (Fsp3) is 0.300. The number of sulfonamides is 1. The first-order valence-corrected chi connectivity index (χ1v) is 11.9. The molecule has 0 saturated heterocycles. The van der Waals surface area contributed by atoms with Crippen LogP contribution in [0.5, 0.6) is 0 Å². The molecule has 1 atom stereocenters. The van der Waals surface area contributed by atoms with Crippen molar-refractivity contribution in [2.75, 3.05) is 18.6 Å². The van der Waals surface area contributed by atoms with Crippen LogP contribution in [0.2, 0.25) is 0 Å². The van der Waals surface area contributed by atoms with E-state index in [-0.39, 0.29) is 16.6 Å². The summed E-state index contributed by atoms with van der Waals surface area (Å²) in [5.41, 5.74) is 1.65. The van der Waals surface area contributed by atoms with Crippen molar-refractivity contribution in [3.05, 3.63) is 65.7 Å². The summed E-state index contributed by atoms with van der Waals surface area (Å²) in [5, 5.41) is 2.93. The Balaban J connectivity index is 1.73. The van der Waals surface area contributed by atoms with E-state index in [0.29, 0.717) is 18.5 Å². The average Bonchev–Trinajstić information content (AvgIpc) is 2.96. The summed E-state index contributed by atoms with van der Waals surface area (Å²) < 4.78 is 27.0. The summed E-state index contributed by atoms with van der Waals surface area (Å²) in [6, 6.07) is 15.9. The zero-order chi connectivity index (χ0) is 20.0. The maximum Gasteiger partial charge on any atom is 0.263 e. The third-order valence-electron chi connectivity index (χ3n) is 4.40. The number of nitrogens with zero attached hydrogens (tertiary/aromatic N) is 1. The van der Waals surface area contributed by atoms with Gasteiger partial charge in [-0.15, -0.1) is 0 Å². The molecule has 1 aliphatic heterocycles. The molecule has 1 unspecified atom stereocenters. The van der Waals surface area contributed by atoms with Crippen LogP contribution in [-0.2, 0) is 21.2 Å². The van der Waals surface area contributed by atoms with Crippen LogP contribution >= 0.6 is 11.8 Å². The van der Waals surface area contributed by atoms with Crippen LogP contribution in [0.4, 0.5) is 0 Å². The van der Waals surface area contributed by atoms with E-state index in [2.05, 4.69) is 15.0 Å². The normalized spacial score (nSPS) is 17.0. The van der Waals surface area contributed by atoms with Crippen LogP contribution in [0.1, 0.15) is 17.5 Å². The van der Waals surface area contributed by atoms with Crippen LogP contribution in [0.25, 0.3) is 0 Å². The monoisotopic (exact) mass is 417 g/mol. The third kappa shape index (κ3) is 4.94. The van der Waals surface area contributed by atoms with E-state index in [4.69, 9.17) is 0 Å². The Morgan fingerprint density at radius 3 is 2.61 bits per heavy atom. The molecule has 0 saturated carbocycles. The molecule has 8 heteroatoms. The molecule has 1 heterocycles. The van der Waals surface area contributed by atoms with Gasteiger partial charge in [-0.25, -0.2) is 8.42 Å². The fourth-order valence-corrected chi connectivity index (χ4v) is 4.66. The molecule has 0 spiro atoms. The Kier molecular flexibility index (Phi) is 6.74. The number of carbonyl (C=O) groups excluding carboxylic acids is 1. The minimum Gasteiger partial charge on any atom is -0.354 e. The molecule has 1 aliphatic rings. The number of hydrogen-bond donors (Lipinski definition) is 2. The first kappa shape index (κ1) is 20.4. The van der Waals surface area contributed by atoms with Crippen LogP contribution in [0, 0.1) is 0 Å². The van der Waals surface area contributed by atoms with Gasteiger partial charge in [0.1, 0.15) is 11.9 Å². The second-order valence-electron chi connectivity index (χ2n) is 6.40. The van der Waals surface area contributed by atoms with Gasteiger partial charge in [0.2, 0.25) is 5.91 Å². The minimum absolute atomic E-state index is 0.193. The Morgan fingerprint density at radius 1 is 1.14 bits per heavy atom. The number of rotatable bonds is 8. The molecule has 0 aromatic heterocycles. The zero-order valence-electron chi connectivity index (χ0n) is 15.6. The van der Waals surface area contributed by atoms with Crippen LogP contribution in [0.3, 0.4) is 0 Å². The van der Waals surface area contributed by atoms with Gasteiger partial charge in [-0.3, -0.25) is 14.5 Å². The van der Waals surface area contributed by atoms with E-state index < -0.39 is 16.1 Å². The summed E-state index contributed by atoms with van der Waals surface area (Å²) in [4.78, 5) is 17.4. The van der Waals surface area contributed by atoms with Gasteiger partial charge >= 0.3 is 0 Å². The first-order valence-electron chi connectivity index (χ1n) is 9.02. The van der Waals surface area contributed by atoms with E-state index in [9.17, 15) is 13.2 Å². The number of hydrogen-bond acceptors (Lipinski definition) is 5. The van der Waals surface area contributed by atoms with Gasteiger partial charge < -0.3 is 5.32 Å². The standard InChI is InChI=1S/C20H23N3O3S2/c1-27-14-12-17(20(24)21-13-11-15-7-3-2-4-8-15)22-19-16-9-5-6-10-18(16)28(25,26)23-19/h2-10,17H,11-14H2,1H3,(H,21,24)(H,22,23). The van der Waals surface area contributed by atoms with Crippen molar-refractivity contribution in [3.63, 3.8) is 0 Å². The number of thioether (sulfide) groups is 1. The third-order valence-corrected chi connectivity index (χ3v) is 6.44. The molecular weight excluding hydrogens is 394 g/mol. The maximum absolute atomic E-state index is 12.7. The summed E-state index contributed by atoms with van der Waals surface area (Å²) in [5.74, 6) is 0.795. The molecule has 0 radical (unpaired) electrons. The van der Waals surface area contributed by atoms with Crippen molar-refractivity contribution in [2.45, 2.75) is 23.8 Å². The van der Waals surface area contributed by atoms with Crippen LogP contribution in [0.15, 0.2) is 64.5 Å². The van der Waals surface area contributed by atoms with Crippen molar-refractivity contribution in [2.24, 2.45) is 4.99 Å². The molecular formula is C20H23N3O3S2. The molecule has 28 heavy (non-hydrogen) atoms. The number of fused-ring (bicyclic) bond motifs is 1. The van der Waals surface area contributed by atoms with Crippen molar-refractivity contribution in [3.8, 4) is 0 Å². The smallest absolute Gasteiger partial charge is 0.263 e. The molecule has 0 aliphatic carbocycles. The molecule has 148 valence electrons. The molecule has 1 amide bonds. The molecule has 6 nitrogen and oxygen atoms in total. The second-order valence-corrected chi connectivity index (χ2v) is 9.04. The first-order chi connectivity index (χ1) is 13.5. The lowest BCUT2D eigenvalue weighted by molar-refractivity contribution is -0.122. The van der Waals surface area contributed by atoms with Gasteiger partial charge in [0.15, 0.2) is 0 Å². The average molecular weight is 418 g/mol. The number of benzene rings is 2. The number of amides is 1. The predicted octanol–water partition coefficient (Wildman–Crippen LogP) is 2.21. The number of carbonyl (C=O) groups is 1. The highest BCUT2D eigenvalue weighted by atomic mass is 32.2. The van der Waals surface area contributed by atoms with E-state index in [1.165, 1.54) is 6.07 Å². The summed E-state index contributed by atoms with van der Waals surface area (Å²) >= 11 is 1.62. The van der Waals surface area contributed by atoms with E-state index in [1.54, 1.807) is 30.0 Å². The number of aliphatic imine (C=N–C) groups is 1. The highest BCUT2D eigenvalue weighted by Crippen LogP contribution is 2.23. The van der Waals surface area contributed by atoms with Gasteiger partial charge in [-0.1, -0.05) is 42.5 Å². The fourth-order valence-electron chi connectivity index (χ4n) is 2.96. The second kappa shape index (κ2) is 9.25. The lowest BCUT2D eigenvalue weighted by Crippen LogP contribution is -2.37. The zero-order valence-corrected chi connectivity index (χ0v) is 17.2. The Labute approximate surface area is 169 Å². The minimum atomic E-state index is -3.62. The SMILES string of the molecule is CSCCC(N=C1NS(=O)(=O)c2ccccc21)C(=O)NCCc1ccccc1. The van der Waals surface area contributed by atoms with E-state index >= 15 is 0 Å². The van der Waals surface area contributed by atoms with Crippen molar-refractivity contribution in [1.82, 2.24) is 10.0 Å². The quantitative estimate of drug-likeness (QED) is 0.689. The molecule has 0 fully saturated rings. The molecule has 2 aromatic carbocycles. The molecule has 2 N–H and O–H groups in total.